The normalized spacial score (nSPS) is 16.8. The van der Waals surface area contributed by atoms with Gasteiger partial charge in [-0.05, 0) is 51.9 Å². The molecule has 0 bridgehead atoms. The van der Waals surface area contributed by atoms with Crippen LogP contribution in [0.2, 0.25) is 0 Å². The van der Waals surface area contributed by atoms with Gasteiger partial charge in [-0.15, -0.1) is 12.4 Å². The van der Waals surface area contributed by atoms with Crippen molar-refractivity contribution in [1.82, 2.24) is 0 Å². The molecule has 22 heavy (non-hydrogen) atoms. The minimum atomic E-state index is 0. The Morgan fingerprint density at radius 2 is 1.41 bits per heavy atom. The predicted octanol–water partition coefficient (Wildman–Crippen LogP) is 5.60. The monoisotopic (exact) mass is 311 g/mol. The third-order valence-electron chi connectivity index (χ3n) is 5.07. The highest BCUT2D eigenvalue weighted by Gasteiger charge is 2.24. The lowest BCUT2D eigenvalue weighted by atomic mass is 9.87. The summed E-state index contributed by atoms with van der Waals surface area (Å²) in [5.41, 5.74) is 7.99. The van der Waals surface area contributed by atoms with Gasteiger partial charge in [-0.1, -0.05) is 61.4 Å². The Kier molecular flexibility index (Phi) is 4.37. The molecule has 3 aromatic carbocycles. The summed E-state index contributed by atoms with van der Waals surface area (Å²) in [7, 11) is 0. The van der Waals surface area contributed by atoms with E-state index >= 15 is 0 Å². The van der Waals surface area contributed by atoms with E-state index in [2.05, 4.69) is 54.6 Å². The number of nitrogens with two attached hydrogens (primary N) is 1. The fourth-order valence-corrected chi connectivity index (χ4v) is 3.93. The lowest BCUT2D eigenvalue weighted by Crippen LogP contribution is -2.19. The number of fused-ring (bicyclic) bond motifs is 3. The molecule has 0 radical (unpaired) electrons. The molecule has 1 aliphatic carbocycles. The van der Waals surface area contributed by atoms with Gasteiger partial charge < -0.3 is 5.73 Å². The van der Waals surface area contributed by atoms with E-state index in [1.807, 2.05) is 0 Å². The van der Waals surface area contributed by atoms with Crippen molar-refractivity contribution in [1.29, 1.82) is 0 Å². The molecule has 1 nitrogen and oxygen atoms in total. The molecule has 2 heteroatoms. The first kappa shape index (κ1) is 15.3. The van der Waals surface area contributed by atoms with Crippen LogP contribution >= 0.6 is 12.4 Å². The zero-order valence-electron chi connectivity index (χ0n) is 12.7. The van der Waals surface area contributed by atoms with Crippen molar-refractivity contribution >= 4 is 34.0 Å². The van der Waals surface area contributed by atoms with E-state index in [9.17, 15) is 0 Å². The summed E-state index contributed by atoms with van der Waals surface area (Å²) < 4.78 is 0. The van der Waals surface area contributed by atoms with E-state index in [0.717, 1.165) is 0 Å². The molecule has 1 aliphatic rings. The zero-order valence-corrected chi connectivity index (χ0v) is 13.5. The Labute approximate surface area is 137 Å². The first-order valence-electron chi connectivity index (χ1n) is 8.00. The molecular weight excluding hydrogens is 290 g/mol. The molecule has 0 unspecified atom stereocenters. The molecule has 3 aromatic rings. The molecule has 1 fully saturated rings. The second-order valence-corrected chi connectivity index (χ2v) is 6.30. The van der Waals surface area contributed by atoms with Crippen LogP contribution in [0.3, 0.4) is 0 Å². The predicted molar refractivity (Wildman–Crippen MR) is 97.6 cm³/mol. The fraction of sp³-hybridized carbons (Fsp3) is 0.300. The summed E-state index contributed by atoms with van der Waals surface area (Å²) >= 11 is 0. The lowest BCUT2D eigenvalue weighted by Gasteiger charge is -2.22. The van der Waals surface area contributed by atoms with Crippen molar-refractivity contribution in [3.8, 4) is 0 Å². The van der Waals surface area contributed by atoms with Gasteiger partial charge in [0.2, 0.25) is 0 Å². The van der Waals surface area contributed by atoms with Crippen LogP contribution in [-0.2, 0) is 0 Å². The van der Waals surface area contributed by atoms with Crippen LogP contribution in [0.1, 0.15) is 37.3 Å². The largest absolute Gasteiger partial charge is 0.324 e. The standard InChI is InChI=1S/C20H21N.ClH/c21-20(14-7-1-2-8-14)19-13-15-9-3-4-10-16(15)17-11-5-6-12-18(17)19;/h3-6,9-14,20H,1-2,7-8,21H2;1H/t20-;/m1./s1. The number of benzene rings is 3. The van der Waals surface area contributed by atoms with Crippen molar-refractivity contribution in [3.05, 3.63) is 60.2 Å². The molecule has 1 saturated carbocycles. The van der Waals surface area contributed by atoms with Gasteiger partial charge >= 0.3 is 0 Å². The van der Waals surface area contributed by atoms with Gasteiger partial charge in [0.05, 0.1) is 0 Å². The maximum Gasteiger partial charge on any atom is 0.0329 e. The molecule has 0 amide bonds. The highest BCUT2D eigenvalue weighted by Crippen LogP contribution is 2.38. The smallest absolute Gasteiger partial charge is 0.0329 e. The Bertz CT molecular complexity index is 790. The van der Waals surface area contributed by atoms with Crippen molar-refractivity contribution in [2.45, 2.75) is 31.7 Å². The number of hydrogen-bond acceptors (Lipinski definition) is 1. The van der Waals surface area contributed by atoms with E-state index in [1.54, 1.807) is 0 Å². The minimum absolute atomic E-state index is 0. The molecule has 2 N–H and O–H groups in total. The Hall–Kier alpha value is -1.57. The third-order valence-corrected chi connectivity index (χ3v) is 5.07. The molecular formula is C20H22ClN. The first-order valence-corrected chi connectivity index (χ1v) is 8.00. The van der Waals surface area contributed by atoms with Gasteiger partial charge in [0.25, 0.3) is 0 Å². The lowest BCUT2D eigenvalue weighted by molar-refractivity contribution is 0.447. The third kappa shape index (κ3) is 2.49. The van der Waals surface area contributed by atoms with Crippen LogP contribution in [-0.4, -0.2) is 0 Å². The summed E-state index contributed by atoms with van der Waals surface area (Å²) in [6.45, 7) is 0. The van der Waals surface area contributed by atoms with Crippen molar-refractivity contribution < 1.29 is 0 Å². The SMILES string of the molecule is Cl.N[C@@H](c1cc2ccccc2c2ccccc12)C1CCCC1. The molecule has 0 aliphatic heterocycles. The highest BCUT2D eigenvalue weighted by molar-refractivity contribution is 6.09. The second kappa shape index (κ2) is 6.28. The van der Waals surface area contributed by atoms with E-state index < -0.39 is 0 Å². The first-order chi connectivity index (χ1) is 10.3. The Morgan fingerprint density at radius 3 is 2.14 bits per heavy atom. The van der Waals surface area contributed by atoms with E-state index in [4.69, 9.17) is 5.73 Å². The van der Waals surface area contributed by atoms with Crippen molar-refractivity contribution in [3.63, 3.8) is 0 Å². The van der Waals surface area contributed by atoms with Crippen LogP contribution in [0, 0.1) is 5.92 Å². The highest BCUT2D eigenvalue weighted by atomic mass is 35.5. The molecule has 0 spiro atoms. The van der Waals surface area contributed by atoms with Crippen LogP contribution < -0.4 is 5.73 Å². The van der Waals surface area contributed by atoms with Crippen molar-refractivity contribution in [2.75, 3.05) is 0 Å². The van der Waals surface area contributed by atoms with Gasteiger partial charge in [0.1, 0.15) is 0 Å². The average Bonchev–Trinajstić information content (AvgIpc) is 3.08. The van der Waals surface area contributed by atoms with Crippen LogP contribution in [0.25, 0.3) is 21.5 Å². The van der Waals surface area contributed by atoms with Gasteiger partial charge in [0, 0.05) is 6.04 Å². The van der Waals surface area contributed by atoms with Crippen molar-refractivity contribution in [2.24, 2.45) is 11.7 Å². The summed E-state index contributed by atoms with van der Waals surface area (Å²) in [6, 6.07) is 19.8. The topological polar surface area (TPSA) is 26.0 Å². The van der Waals surface area contributed by atoms with Gasteiger partial charge in [-0.3, -0.25) is 0 Å². The van der Waals surface area contributed by atoms with E-state index in [1.165, 1.54) is 52.8 Å². The summed E-state index contributed by atoms with van der Waals surface area (Å²) in [5, 5.41) is 5.30. The van der Waals surface area contributed by atoms with Gasteiger partial charge in [-0.2, -0.15) is 0 Å². The summed E-state index contributed by atoms with van der Waals surface area (Å²) in [6.07, 6.45) is 5.23. The molecule has 0 saturated heterocycles. The summed E-state index contributed by atoms with van der Waals surface area (Å²) in [5.74, 6) is 0.648. The quantitative estimate of drug-likeness (QED) is 0.612. The van der Waals surface area contributed by atoms with Crippen LogP contribution in [0.5, 0.6) is 0 Å². The molecule has 4 rings (SSSR count). The van der Waals surface area contributed by atoms with E-state index in [0.29, 0.717) is 5.92 Å². The minimum Gasteiger partial charge on any atom is -0.324 e. The molecule has 114 valence electrons. The molecule has 0 aromatic heterocycles. The summed E-state index contributed by atoms with van der Waals surface area (Å²) in [4.78, 5) is 0. The van der Waals surface area contributed by atoms with Crippen LogP contribution in [0.4, 0.5) is 0 Å². The molecule has 1 atom stereocenters. The second-order valence-electron chi connectivity index (χ2n) is 6.30. The maximum absolute atomic E-state index is 6.66. The number of halogens is 1. The Morgan fingerprint density at radius 1 is 0.818 bits per heavy atom. The van der Waals surface area contributed by atoms with Crippen LogP contribution in [0.15, 0.2) is 54.6 Å². The van der Waals surface area contributed by atoms with Gasteiger partial charge in [0.15, 0.2) is 0 Å². The fourth-order valence-electron chi connectivity index (χ4n) is 3.93. The maximum atomic E-state index is 6.66. The molecule has 0 heterocycles. The number of hydrogen-bond donors (Lipinski definition) is 1. The Balaban J connectivity index is 0.00000144. The average molecular weight is 312 g/mol. The number of rotatable bonds is 2. The zero-order chi connectivity index (χ0) is 14.2. The van der Waals surface area contributed by atoms with E-state index in [-0.39, 0.29) is 18.4 Å². The van der Waals surface area contributed by atoms with Gasteiger partial charge in [-0.25, -0.2) is 0 Å².